The van der Waals surface area contributed by atoms with Crippen molar-refractivity contribution in [2.75, 3.05) is 46.3 Å². The molecule has 0 bridgehead atoms. The van der Waals surface area contributed by atoms with Gasteiger partial charge in [-0.3, -0.25) is 0 Å². The van der Waals surface area contributed by atoms with Crippen LogP contribution in [0.25, 0.3) is 0 Å². The van der Waals surface area contributed by atoms with Crippen molar-refractivity contribution < 1.29 is 0 Å². The molecule has 0 aromatic carbocycles. The zero-order chi connectivity index (χ0) is 11.9. The Morgan fingerprint density at radius 3 is 2.59 bits per heavy atom. The van der Waals surface area contributed by atoms with E-state index in [9.17, 15) is 0 Å². The van der Waals surface area contributed by atoms with Crippen LogP contribution in [-0.2, 0) is 0 Å². The molecule has 3 nitrogen and oxygen atoms in total. The summed E-state index contributed by atoms with van der Waals surface area (Å²) in [5.41, 5.74) is 0. The zero-order valence-corrected chi connectivity index (χ0v) is 11.5. The molecule has 1 N–H and O–H groups in total. The Balaban J connectivity index is 1.57. The molecule has 2 heterocycles. The highest BCUT2D eigenvalue weighted by molar-refractivity contribution is 4.74. The number of hydrogen-bond donors (Lipinski definition) is 1. The summed E-state index contributed by atoms with van der Waals surface area (Å²) >= 11 is 0. The van der Waals surface area contributed by atoms with Gasteiger partial charge in [-0.1, -0.05) is 6.42 Å². The summed E-state index contributed by atoms with van der Waals surface area (Å²) in [4.78, 5) is 5.09. The molecule has 0 saturated carbocycles. The summed E-state index contributed by atoms with van der Waals surface area (Å²) in [5, 5.41) is 3.76. The van der Waals surface area contributed by atoms with Crippen LogP contribution in [0.15, 0.2) is 0 Å². The molecule has 100 valence electrons. The van der Waals surface area contributed by atoms with E-state index in [0.717, 1.165) is 6.04 Å². The molecule has 0 spiro atoms. The second kappa shape index (κ2) is 7.34. The maximum Gasteiger partial charge on any atom is 0.0107 e. The fourth-order valence-electron chi connectivity index (χ4n) is 3.05. The van der Waals surface area contributed by atoms with Gasteiger partial charge in [0.25, 0.3) is 0 Å². The minimum Gasteiger partial charge on any atom is -0.313 e. The minimum atomic E-state index is 0.768. The highest BCUT2D eigenvalue weighted by Gasteiger charge is 2.15. The van der Waals surface area contributed by atoms with Gasteiger partial charge in [-0.05, 0) is 65.3 Å². The summed E-state index contributed by atoms with van der Waals surface area (Å²) in [6, 6.07) is 0.768. The van der Waals surface area contributed by atoms with Crippen LogP contribution in [0.4, 0.5) is 0 Å². The lowest BCUT2D eigenvalue weighted by Crippen LogP contribution is -2.39. The quantitative estimate of drug-likeness (QED) is 0.803. The Hall–Kier alpha value is -0.120. The first-order valence-corrected chi connectivity index (χ1v) is 7.49. The van der Waals surface area contributed by atoms with Gasteiger partial charge in [0, 0.05) is 19.1 Å². The molecule has 0 radical (unpaired) electrons. The molecule has 0 aromatic heterocycles. The van der Waals surface area contributed by atoms with Gasteiger partial charge in [0.1, 0.15) is 0 Å². The molecule has 2 saturated heterocycles. The van der Waals surface area contributed by atoms with E-state index in [-0.39, 0.29) is 0 Å². The van der Waals surface area contributed by atoms with Crippen molar-refractivity contribution in [3.05, 3.63) is 0 Å². The molecule has 17 heavy (non-hydrogen) atoms. The van der Waals surface area contributed by atoms with Crippen LogP contribution in [0.1, 0.15) is 38.5 Å². The van der Waals surface area contributed by atoms with Crippen LogP contribution in [0.2, 0.25) is 0 Å². The van der Waals surface area contributed by atoms with Gasteiger partial charge in [0.05, 0.1) is 0 Å². The maximum absolute atomic E-state index is 3.76. The molecule has 0 amide bonds. The number of likely N-dealkylation sites (tertiary alicyclic amines) is 2. The largest absolute Gasteiger partial charge is 0.313 e. The second-order valence-corrected chi connectivity index (χ2v) is 5.79. The maximum atomic E-state index is 3.76. The van der Waals surface area contributed by atoms with Crippen molar-refractivity contribution in [3.8, 4) is 0 Å². The molecule has 2 fully saturated rings. The molecule has 1 unspecified atom stereocenters. The summed E-state index contributed by atoms with van der Waals surface area (Å²) in [7, 11) is 2.25. The van der Waals surface area contributed by atoms with Crippen molar-refractivity contribution in [3.63, 3.8) is 0 Å². The number of nitrogens with zero attached hydrogens (tertiary/aromatic N) is 2. The third kappa shape index (κ3) is 4.94. The fourth-order valence-corrected chi connectivity index (χ4v) is 3.05. The lowest BCUT2D eigenvalue weighted by Gasteiger charge is -2.27. The monoisotopic (exact) mass is 239 g/mol. The molecule has 2 aliphatic rings. The molecule has 2 rings (SSSR count). The van der Waals surface area contributed by atoms with E-state index < -0.39 is 0 Å². The summed E-state index contributed by atoms with van der Waals surface area (Å²) in [6.45, 7) is 7.65. The van der Waals surface area contributed by atoms with E-state index in [2.05, 4.69) is 22.2 Å². The molecule has 3 heteroatoms. The van der Waals surface area contributed by atoms with Crippen LogP contribution in [0, 0.1) is 0 Å². The predicted molar refractivity (Wildman–Crippen MR) is 73.4 cm³/mol. The van der Waals surface area contributed by atoms with Gasteiger partial charge >= 0.3 is 0 Å². The van der Waals surface area contributed by atoms with Crippen LogP contribution in [-0.4, -0.2) is 62.2 Å². The highest BCUT2D eigenvalue weighted by atomic mass is 15.1. The summed E-state index contributed by atoms with van der Waals surface area (Å²) in [6.07, 6.45) is 8.32. The lowest BCUT2D eigenvalue weighted by atomic mass is 10.1. The third-order valence-electron chi connectivity index (χ3n) is 4.26. The number of hydrogen-bond acceptors (Lipinski definition) is 3. The van der Waals surface area contributed by atoms with E-state index in [1.807, 2.05) is 0 Å². The number of rotatable bonds is 4. The third-order valence-corrected chi connectivity index (χ3v) is 4.26. The highest BCUT2D eigenvalue weighted by Crippen LogP contribution is 2.10. The van der Waals surface area contributed by atoms with E-state index in [0.29, 0.717) is 0 Å². The van der Waals surface area contributed by atoms with Crippen LogP contribution in [0.5, 0.6) is 0 Å². The molecular formula is C14H29N3. The van der Waals surface area contributed by atoms with Gasteiger partial charge in [-0.25, -0.2) is 0 Å². The van der Waals surface area contributed by atoms with E-state index in [1.165, 1.54) is 77.8 Å². The zero-order valence-electron chi connectivity index (χ0n) is 11.5. The van der Waals surface area contributed by atoms with Gasteiger partial charge in [-0.15, -0.1) is 0 Å². The molecule has 0 aliphatic carbocycles. The first-order chi connectivity index (χ1) is 8.34. The minimum absolute atomic E-state index is 0.768. The van der Waals surface area contributed by atoms with Gasteiger partial charge in [0.15, 0.2) is 0 Å². The van der Waals surface area contributed by atoms with E-state index in [1.54, 1.807) is 0 Å². The van der Waals surface area contributed by atoms with Crippen molar-refractivity contribution >= 4 is 0 Å². The van der Waals surface area contributed by atoms with Crippen molar-refractivity contribution in [2.24, 2.45) is 0 Å². The van der Waals surface area contributed by atoms with Gasteiger partial charge in [0.2, 0.25) is 0 Å². The Bertz CT molecular complexity index is 202. The van der Waals surface area contributed by atoms with Crippen molar-refractivity contribution in [2.45, 2.75) is 44.6 Å². The molecule has 2 aliphatic heterocycles. The number of nitrogens with one attached hydrogen (secondary N) is 1. The first-order valence-electron chi connectivity index (χ1n) is 7.49. The van der Waals surface area contributed by atoms with Gasteiger partial charge < -0.3 is 15.1 Å². The predicted octanol–water partition coefficient (Wildman–Crippen LogP) is 1.55. The Morgan fingerprint density at radius 2 is 1.76 bits per heavy atom. The Morgan fingerprint density at radius 1 is 0.941 bits per heavy atom. The smallest absolute Gasteiger partial charge is 0.0107 e. The topological polar surface area (TPSA) is 18.5 Å². The average Bonchev–Trinajstić information content (AvgIpc) is 2.56. The fraction of sp³-hybridized carbons (Fsp3) is 1.00. The van der Waals surface area contributed by atoms with E-state index in [4.69, 9.17) is 0 Å². The Labute approximate surface area is 107 Å². The SMILES string of the molecule is CN1CCCC(NCCN2CCCCC2)CC1. The second-order valence-electron chi connectivity index (χ2n) is 5.79. The van der Waals surface area contributed by atoms with E-state index >= 15 is 0 Å². The summed E-state index contributed by atoms with van der Waals surface area (Å²) in [5.74, 6) is 0. The molecular weight excluding hydrogens is 210 g/mol. The van der Waals surface area contributed by atoms with Crippen molar-refractivity contribution in [1.29, 1.82) is 0 Å². The lowest BCUT2D eigenvalue weighted by molar-refractivity contribution is 0.225. The normalized spacial score (nSPS) is 29.1. The molecule has 1 atom stereocenters. The standard InChI is InChI=1S/C14H29N3/c1-16-9-5-6-14(7-12-16)15-8-13-17-10-3-2-4-11-17/h14-15H,2-13H2,1H3. The van der Waals surface area contributed by atoms with Crippen LogP contribution in [0.3, 0.4) is 0 Å². The number of piperidine rings is 1. The molecule has 0 aromatic rings. The first kappa shape index (κ1) is 13.3. The van der Waals surface area contributed by atoms with Crippen LogP contribution >= 0.6 is 0 Å². The summed E-state index contributed by atoms with van der Waals surface area (Å²) < 4.78 is 0. The van der Waals surface area contributed by atoms with Gasteiger partial charge in [-0.2, -0.15) is 0 Å². The Kier molecular flexibility index (Phi) is 5.75. The van der Waals surface area contributed by atoms with Crippen LogP contribution < -0.4 is 5.32 Å². The average molecular weight is 239 g/mol. The van der Waals surface area contributed by atoms with Crippen molar-refractivity contribution in [1.82, 2.24) is 15.1 Å².